The van der Waals surface area contributed by atoms with E-state index >= 15 is 0 Å². The third kappa shape index (κ3) is 3.99. The highest BCUT2D eigenvalue weighted by Gasteiger charge is 2.50. The van der Waals surface area contributed by atoms with Crippen LogP contribution in [-0.4, -0.2) is 22.1 Å². The molecular formula is C44H33N3O2. The van der Waals surface area contributed by atoms with Crippen LogP contribution >= 0.6 is 0 Å². The van der Waals surface area contributed by atoms with Crippen molar-refractivity contribution in [3.8, 4) is 5.75 Å². The predicted molar refractivity (Wildman–Crippen MR) is 196 cm³/mol. The summed E-state index contributed by atoms with van der Waals surface area (Å²) in [5, 5.41) is 2.27. The molecule has 0 amide bonds. The van der Waals surface area contributed by atoms with Gasteiger partial charge >= 0.3 is 0 Å². The molecule has 0 fully saturated rings. The van der Waals surface area contributed by atoms with Crippen molar-refractivity contribution < 1.29 is 9.15 Å². The number of allylic oxidation sites excluding steroid dienone is 8. The van der Waals surface area contributed by atoms with Crippen molar-refractivity contribution in [1.82, 2.24) is 9.97 Å². The van der Waals surface area contributed by atoms with Gasteiger partial charge in [0.05, 0.1) is 17.3 Å². The molecule has 0 saturated carbocycles. The lowest BCUT2D eigenvalue weighted by Gasteiger charge is -2.30. The van der Waals surface area contributed by atoms with Gasteiger partial charge < -0.3 is 14.1 Å². The van der Waals surface area contributed by atoms with Crippen LogP contribution in [0.5, 0.6) is 5.75 Å². The molecule has 5 nitrogen and oxygen atoms in total. The lowest BCUT2D eigenvalue weighted by Crippen LogP contribution is -2.35. The minimum Gasteiger partial charge on any atom is -0.485 e. The number of furan rings is 1. The van der Waals surface area contributed by atoms with Crippen molar-refractivity contribution >= 4 is 45.0 Å². The first-order chi connectivity index (χ1) is 24.3. The van der Waals surface area contributed by atoms with E-state index in [-0.39, 0.29) is 24.0 Å². The second-order valence-electron chi connectivity index (χ2n) is 13.8. The van der Waals surface area contributed by atoms with Gasteiger partial charge in [0, 0.05) is 57.0 Å². The Bertz CT molecular complexity index is 2470. The maximum atomic E-state index is 6.79. The van der Waals surface area contributed by atoms with E-state index in [4.69, 9.17) is 19.1 Å². The molecule has 0 bridgehead atoms. The summed E-state index contributed by atoms with van der Waals surface area (Å²) in [4.78, 5) is 13.1. The molecule has 4 aliphatic carbocycles. The summed E-state index contributed by atoms with van der Waals surface area (Å²) in [6, 6.07) is 23.4. The van der Waals surface area contributed by atoms with Crippen molar-refractivity contribution in [2.24, 2.45) is 5.92 Å². The van der Waals surface area contributed by atoms with E-state index in [9.17, 15) is 0 Å². The summed E-state index contributed by atoms with van der Waals surface area (Å²) < 4.78 is 13.4. The molecule has 0 radical (unpaired) electrons. The first kappa shape index (κ1) is 27.3. The van der Waals surface area contributed by atoms with Crippen molar-refractivity contribution in [2.75, 3.05) is 4.90 Å². The van der Waals surface area contributed by atoms with Crippen molar-refractivity contribution in [2.45, 2.75) is 43.7 Å². The number of ether oxygens (including phenoxy) is 1. The SMILES string of the molecule is C1=CCCC(c2nc(N3C4=C(C5C=CC(c6cccc7c8c(oc67)CCC=C8)=CC53)C3Oc5ccccc5C3C=C4)nc3ccccc23)=C1. The predicted octanol–water partition coefficient (Wildman–Crippen LogP) is 9.90. The number of fused-ring (bicyclic) bond motifs is 10. The van der Waals surface area contributed by atoms with Gasteiger partial charge in [0.15, 0.2) is 0 Å². The second-order valence-corrected chi connectivity index (χ2v) is 13.8. The Labute approximate surface area is 284 Å². The molecule has 3 aromatic carbocycles. The van der Waals surface area contributed by atoms with Crippen LogP contribution in [0.25, 0.3) is 39.1 Å². The van der Waals surface area contributed by atoms with Gasteiger partial charge in [0.25, 0.3) is 0 Å². The minimum absolute atomic E-state index is 0.0327. The highest BCUT2D eigenvalue weighted by atomic mass is 16.5. The van der Waals surface area contributed by atoms with E-state index in [1.54, 1.807) is 0 Å². The number of rotatable bonds is 3. The highest BCUT2D eigenvalue weighted by molar-refractivity contribution is 5.98. The zero-order chi connectivity index (χ0) is 32.1. The van der Waals surface area contributed by atoms with Gasteiger partial charge in [-0.1, -0.05) is 109 Å². The quantitative estimate of drug-likeness (QED) is 0.198. The molecule has 0 N–H and O–H groups in total. The molecule has 4 unspecified atom stereocenters. The molecule has 5 aromatic rings. The average molecular weight is 636 g/mol. The minimum atomic E-state index is -0.0763. The number of nitrogens with zero attached hydrogens (tertiary/aromatic N) is 3. The Hall–Kier alpha value is -5.68. The van der Waals surface area contributed by atoms with Crippen molar-refractivity contribution in [3.63, 3.8) is 0 Å². The van der Waals surface area contributed by atoms with E-state index in [0.717, 1.165) is 82.2 Å². The summed E-state index contributed by atoms with van der Waals surface area (Å²) in [5.41, 5.74) is 11.4. The first-order valence-electron chi connectivity index (χ1n) is 17.5. The highest BCUT2D eigenvalue weighted by Crippen LogP contribution is 2.53. The average Bonchev–Trinajstić information content (AvgIpc) is 3.84. The number of anilines is 1. The van der Waals surface area contributed by atoms with Gasteiger partial charge in [-0.2, -0.15) is 0 Å². The van der Waals surface area contributed by atoms with Crippen LogP contribution in [0.2, 0.25) is 0 Å². The van der Waals surface area contributed by atoms with E-state index in [1.165, 1.54) is 27.7 Å². The summed E-state index contributed by atoms with van der Waals surface area (Å²) >= 11 is 0. The molecule has 4 atom stereocenters. The third-order valence-corrected chi connectivity index (χ3v) is 11.1. The van der Waals surface area contributed by atoms with Crippen LogP contribution in [0.4, 0.5) is 5.95 Å². The molecule has 6 aliphatic rings. The van der Waals surface area contributed by atoms with Gasteiger partial charge in [-0.25, -0.2) is 9.97 Å². The number of aromatic nitrogens is 2. The molecule has 5 heteroatoms. The molecule has 0 saturated heterocycles. The first-order valence-corrected chi connectivity index (χ1v) is 17.5. The summed E-state index contributed by atoms with van der Waals surface area (Å²) in [6.45, 7) is 0. The molecule has 236 valence electrons. The number of para-hydroxylation sites is 3. The fourth-order valence-electron chi connectivity index (χ4n) is 8.90. The molecule has 2 aliphatic heterocycles. The molecule has 11 rings (SSSR count). The van der Waals surface area contributed by atoms with E-state index < -0.39 is 0 Å². The Morgan fingerprint density at radius 3 is 2.61 bits per heavy atom. The van der Waals surface area contributed by atoms with Gasteiger partial charge in [-0.15, -0.1) is 0 Å². The third-order valence-electron chi connectivity index (χ3n) is 11.1. The Morgan fingerprint density at radius 1 is 0.776 bits per heavy atom. The Morgan fingerprint density at radius 2 is 1.65 bits per heavy atom. The monoisotopic (exact) mass is 635 g/mol. The van der Waals surface area contributed by atoms with Crippen LogP contribution in [-0.2, 0) is 6.42 Å². The van der Waals surface area contributed by atoms with Crippen LogP contribution < -0.4 is 9.64 Å². The van der Waals surface area contributed by atoms with Gasteiger partial charge in [0.2, 0.25) is 5.95 Å². The van der Waals surface area contributed by atoms with Crippen LogP contribution in [0, 0.1) is 5.92 Å². The van der Waals surface area contributed by atoms with Gasteiger partial charge in [-0.3, -0.25) is 0 Å². The number of benzene rings is 3. The standard InChI is InChI=1S/C44H33N3O2/c1-2-11-26(12-3-1)41-33-15-4-7-18-35(33)45-44(46-41)47-36-24-23-32-30-14-6-9-20-39(30)49-43(32)40(36)34-22-21-27(25-37(34)47)28-16-10-17-31-29-13-5-8-19-38(29)48-42(28)31/h1-2,4-7,9-11,13-18,20-25,32,34,37,43H,3,8,12,19H2. The molecular weight excluding hydrogens is 603 g/mol. The van der Waals surface area contributed by atoms with Crippen LogP contribution in [0.3, 0.4) is 0 Å². The summed E-state index contributed by atoms with van der Waals surface area (Å²) in [5.74, 6) is 3.07. The number of aryl methyl sites for hydroxylation is 1. The van der Waals surface area contributed by atoms with E-state index in [1.807, 2.05) is 0 Å². The van der Waals surface area contributed by atoms with Crippen LogP contribution in [0.15, 0.2) is 137 Å². The van der Waals surface area contributed by atoms with Gasteiger partial charge in [0.1, 0.15) is 23.2 Å². The Kier molecular flexibility index (Phi) is 5.80. The van der Waals surface area contributed by atoms with E-state index in [0.29, 0.717) is 0 Å². The molecule has 0 spiro atoms. The summed E-state index contributed by atoms with van der Waals surface area (Å²) in [6.07, 6.45) is 26.7. The molecule has 49 heavy (non-hydrogen) atoms. The number of hydrogen-bond acceptors (Lipinski definition) is 5. The van der Waals surface area contributed by atoms with Crippen molar-refractivity contribution in [3.05, 3.63) is 161 Å². The van der Waals surface area contributed by atoms with E-state index in [2.05, 4.69) is 132 Å². The fraction of sp³-hybridized carbons (Fsp3) is 0.182. The second kappa shape index (κ2) is 10.4. The molecule has 4 heterocycles. The fourth-order valence-corrected chi connectivity index (χ4v) is 8.90. The van der Waals surface area contributed by atoms with Crippen LogP contribution in [0.1, 0.15) is 53.3 Å². The largest absolute Gasteiger partial charge is 0.485 e. The maximum absolute atomic E-state index is 6.79. The zero-order valence-electron chi connectivity index (χ0n) is 26.9. The lowest BCUT2D eigenvalue weighted by molar-refractivity contribution is 0.245. The normalized spacial score (nSPS) is 24.4. The smallest absolute Gasteiger partial charge is 0.231 e. The van der Waals surface area contributed by atoms with Gasteiger partial charge in [-0.05, 0) is 48.6 Å². The number of hydrogen-bond donors (Lipinski definition) is 0. The summed E-state index contributed by atoms with van der Waals surface area (Å²) in [7, 11) is 0. The topological polar surface area (TPSA) is 51.4 Å². The Balaban J connectivity index is 1.10. The molecule has 2 aromatic heterocycles. The van der Waals surface area contributed by atoms with Crippen molar-refractivity contribution in [1.29, 1.82) is 0 Å². The lowest BCUT2D eigenvalue weighted by atomic mass is 9.78. The maximum Gasteiger partial charge on any atom is 0.231 e. The zero-order valence-corrected chi connectivity index (χ0v) is 26.9.